The number of amides is 3. The molecule has 328 valence electrons. The van der Waals surface area contributed by atoms with Crippen molar-refractivity contribution in [2.75, 3.05) is 26.1 Å². The predicted molar refractivity (Wildman–Crippen MR) is 223 cm³/mol. The SMILES string of the molecule is CSOOc1ccc([C@@H](O)[C@@H](CO)NC(=O)C(Cl)Cl)cc1.Cc1ccc([C@@H](O)[C@@H](CF)NC(=O)C(Cl)Cl)cc1.O=C(N[C@H](CO)[C@H](O)c1ccc([N+](=O)[O-])cc1)C(Cl)Cl. The number of aliphatic hydroxyl groups is 5. The van der Waals surface area contributed by atoms with Crippen molar-refractivity contribution in [1.82, 2.24) is 16.0 Å². The average molecular weight is 974 g/mol. The quantitative estimate of drug-likeness (QED) is 0.0265. The number of nitro benzene ring substituents is 1. The van der Waals surface area contributed by atoms with Gasteiger partial charge in [0.15, 0.2) is 20.3 Å². The fourth-order valence-corrected chi connectivity index (χ4v) is 4.96. The summed E-state index contributed by atoms with van der Waals surface area (Å²) in [4.78, 5) is 44.9. The third kappa shape index (κ3) is 19.5. The van der Waals surface area contributed by atoms with E-state index in [9.17, 15) is 49.3 Å². The van der Waals surface area contributed by atoms with E-state index in [2.05, 4.69) is 16.0 Å². The third-order valence-electron chi connectivity index (χ3n) is 7.56. The van der Waals surface area contributed by atoms with Crippen LogP contribution in [0.3, 0.4) is 0 Å². The number of nitrogens with one attached hydrogen (secondary N) is 3. The summed E-state index contributed by atoms with van der Waals surface area (Å²) >= 11 is 33.3. The van der Waals surface area contributed by atoms with Crippen molar-refractivity contribution in [3.8, 4) is 5.75 Å². The van der Waals surface area contributed by atoms with Crippen LogP contribution in [0.2, 0.25) is 0 Å². The van der Waals surface area contributed by atoms with Gasteiger partial charge >= 0.3 is 0 Å². The molecular weight excluding hydrogens is 932 g/mol. The summed E-state index contributed by atoms with van der Waals surface area (Å²) in [5.41, 5.74) is 2.19. The number of hydrogen-bond donors (Lipinski definition) is 8. The highest BCUT2D eigenvalue weighted by atomic mass is 35.5. The molecule has 59 heavy (non-hydrogen) atoms. The van der Waals surface area contributed by atoms with Crippen molar-refractivity contribution in [2.24, 2.45) is 0 Å². The number of rotatable bonds is 19. The van der Waals surface area contributed by atoms with Crippen molar-refractivity contribution < 1.29 is 58.5 Å². The molecule has 0 saturated heterocycles. The van der Waals surface area contributed by atoms with Gasteiger partial charge in [-0.25, -0.2) is 4.39 Å². The summed E-state index contributed by atoms with van der Waals surface area (Å²) in [6.07, 6.45) is -1.82. The first-order chi connectivity index (χ1) is 27.8. The lowest BCUT2D eigenvalue weighted by Crippen LogP contribution is -2.44. The number of hydrogen-bond acceptors (Lipinski definition) is 13. The highest BCUT2D eigenvalue weighted by Crippen LogP contribution is 2.23. The summed E-state index contributed by atoms with van der Waals surface area (Å²) in [6.45, 7) is -0.0386. The highest BCUT2D eigenvalue weighted by molar-refractivity contribution is 7.93. The van der Waals surface area contributed by atoms with Crippen LogP contribution in [0.4, 0.5) is 10.1 Å². The Bertz CT molecular complexity index is 1720. The first-order valence-corrected chi connectivity index (χ1v) is 20.4. The Hall–Kier alpha value is -2.95. The molecule has 0 spiro atoms. The Balaban J connectivity index is 0.000000444. The van der Waals surface area contributed by atoms with E-state index in [-0.39, 0.29) is 5.69 Å². The second-order valence-corrected chi connectivity index (χ2v) is 15.5. The van der Waals surface area contributed by atoms with Gasteiger partial charge in [0.05, 0.1) is 36.3 Å². The van der Waals surface area contributed by atoms with Crippen molar-refractivity contribution in [1.29, 1.82) is 0 Å². The van der Waals surface area contributed by atoms with E-state index in [0.29, 0.717) is 22.4 Å². The molecule has 0 fully saturated rings. The summed E-state index contributed by atoms with van der Waals surface area (Å²) in [6, 6.07) is 15.3. The number of carbonyl (C=O) groups excluding carboxylic acids is 3. The van der Waals surface area contributed by atoms with Crippen LogP contribution in [-0.4, -0.2) is 107 Å². The van der Waals surface area contributed by atoms with Gasteiger partial charge in [-0.3, -0.25) is 24.5 Å². The molecule has 0 unspecified atom stereocenters. The molecule has 8 N–H and O–H groups in total. The van der Waals surface area contributed by atoms with E-state index in [1.165, 1.54) is 24.3 Å². The monoisotopic (exact) mass is 970 g/mol. The number of aliphatic hydroxyl groups excluding tert-OH is 5. The summed E-state index contributed by atoms with van der Waals surface area (Å²) in [5.74, 6) is -1.73. The second kappa shape index (κ2) is 28.6. The molecule has 24 heteroatoms. The largest absolute Gasteiger partial charge is 0.394 e. The van der Waals surface area contributed by atoms with Gasteiger partial charge in [-0.2, -0.15) is 0 Å². The maximum atomic E-state index is 12.8. The van der Waals surface area contributed by atoms with Gasteiger partial charge in [0.25, 0.3) is 23.4 Å². The molecule has 3 rings (SSSR count). The molecule has 0 aromatic heterocycles. The van der Waals surface area contributed by atoms with Crippen molar-refractivity contribution >= 4 is 105 Å². The molecule has 0 bridgehead atoms. The number of nitrogens with zero attached hydrogens (tertiary/aromatic N) is 1. The molecular formula is C35H41Cl6FN4O12S. The number of aryl methyl sites for hydroxylation is 1. The highest BCUT2D eigenvalue weighted by Gasteiger charge is 2.27. The molecule has 0 radical (unpaired) electrons. The number of non-ortho nitro benzene ring substituents is 1. The fraction of sp³-hybridized carbons (Fsp3) is 0.400. The summed E-state index contributed by atoms with van der Waals surface area (Å²) < 4.78 is 17.5. The topological polar surface area (TPSA) is 250 Å². The first-order valence-electron chi connectivity index (χ1n) is 16.7. The molecule has 0 aliphatic carbocycles. The van der Waals surface area contributed by atoms with Crippen LogP contribution >= 0.6 is 81.6 Å². The molecule has 3 aromatic rings. The van der Waals surface area contributed by atoms with Gasteiger partial charge in [-0.15, -0.1) is 4.33 Å². The van der Waals surface area contributed by atoms with Gasteiger partial charge in [0.2, 0.25) is 0 Å². The third-order valence-corrected chi connectivity index (χ3v) is 8.96. The molecule has 0 heterocycles. The van der Waals surface area contributed by atoms with Crippen LogP contribution < -0.4 is 20.8 Å². The lowest BCUT2D eigenvalue weighted by molar-refractivity contribution is -0.384. The molecule has 0 saturated carbocycles. The van der Waals surface area contributed by atoms with Crippen molar-refractivity contribution in [3.63, 3.8) is 0 Å². The predicted octanol–water partition coefficient (Wildman–Crippen LogP) is 4.78. The zero-order chi connectivity index (χ0) is 44.8. The first kappa shape index (κ1) is 54.1. The lowest BCUT2D eigenvalue weighted by Gasteiger charge is -2.23. The lowest BCUT2D eigenvalue weighted by atomic mass is 10.0. The minimum atomic E-state index is -1.33. The summed E-state index contributed by atoms with van der Waals surface area (Å²) in [7, 11) is 0. The van der Waals surface area contributed by atoms with Crippen LogP contribution in [-0.2, 0) is 18.7 Å². The van der Waals surface area contributed by atoms with Gasteiger partial charge in [-0.05, 0) is 47.9 Å². The molecule has 3 amide bonds. The van der Waals surface area contributed by atoms with E-state index < -0.39 is 93.5 Å². The number of benzene rings is 3. The molecule has 0 aliphatic heterocycles. The number of nitro groups is 1. The Morgan fingerprint density at radius 1 is 0.678 bits per heavy atom. The normalized spacial score (nSPS) is 14.0. The van der Waals surface area contributed by atoms with E-state index in [4.69, 9.17) is 83.9 Å². The van der Waals surface area contributed by atoms with E-state index in [0.717, 1.165) is 17.6 Å². The van der Waals surface area contributed by atoms with Crippen LogP contribution in [0, 0.1) is 17.0 Å². The van der Waals surface area contributed by atoms with Crippen LogP contribution in [0.25, 0.3) is 0 Å². The van der Waals surface area contributed by atoms with E-state index in [1.54, 1.807) is 54.8 Å². The number of halogens is 7. The Morgan fingerprint density at radius 2 is 1.02 bits per heavy atom. The standard InChI is InChI=1S/C12H14Cl2FNO2.C12H15Cl2NO5S.C11H12Cl2N2O5/c1-7-2-4-8(5-3-7)10(17)9(6-15)16-12(18)11(13)14;1-21-20-19-8-4-2-7(3-5-8)10(17)9(6-16)15-12(18)11(13)14;12-10(13)11(18)14-8(5-16)9(17)6-1-3-7(4-2-6)15(19)20/h2-5,9-11,17H,6H2,1H3,(H,16,18);2-5,9-11,16-17H,6H2,1H3,(H,15,18);1-4,8-10,16-17H,5H2,(H,14,18)/t2*9-,10-;8-,9-/m111/s1. The van der Waals surface area contributed by atoms with Crippen molar-refractivity contribution in [2.45, 2.75) is 57.9 Å². The number of carbonyl (C=O) groups is 3. The van der Waals surface area contributed by atoms with Crippen LogP contribution in [0.5, 0.6) is 5.75 Å². The Labute approximate surface area is 372 Å². The number of alkyl halides is 7. The zero-order valence-electron chi connectivity index (χ0n) is 30.8. The van der Waals surface area contributed by atoms with Gasteiger partial charge in [0.1, 0.15) is 25.0 Å². The van der Waals surface area contributed by atoms with Crippen molar-refractivity contribution in [3.05, 3.63) is 105 Å². The van der Waals surface area contributed by atoms with Crippen LogP contribution in [0.15, 0.2) is 72.8 Å². The molecule has 6 atom stereocenters. The summed E-state index contributed by atoms with van der Waals surface area (Å²) in [5, 5.41) is 65.9. The maximum Gasteiger partial charge on any atom is 0.269 e. The van der Waals surface area contributed by atoms with Gasteiger partial charge in [0, 0.05) is 30.4 Å². The molecule has 0 aliphatic rings. The zero-order valence-corrected chi connectivity index (χ0v) is 36.2. The Kier molecular flexibility index (Phi) is 26.2. The average Bonchev–Trinajstić information content (AvgIpc) is 3.22. The van der Waals surface area contributed by atoms with Crippen LogP contribution in [0.1, 0.15) is 40.6 Å². The minimum absolute atomic E-state index is 0.132. The van der Waals surface area contributed by atoms with E-state index in [1.807, 2.05) is 6.92 Å². The van der Waals surface area contributed by atoms with Gasteiger partial charge < -0.3 is 46.4 Å². The fourth-order valence-electron chi connectivity index (χ4n) is 4.44. The molecule has 3 aromatic carbocycles. The van der Waals surface area contributed by atoms with Gasteiger partial charge in [-0.1, -0.05) is 112 Å². The minimum Gasteiger partial charge on any atom is -0.394 e. The van der Waals surface area contributed by atoms with E-state index >= 15 is 0 Å². The maximum absolute atomic E-state index is 12.8. The Morgan fingerprint density at radius 3 is 1.34 bits per heavy atom. The molecule has 16 nitrogen and oxygen atoms in total. The second-order valence-electron chi connectivity index (χ2n) is 11.7. The smallest absolute Gasteiger partial charge is 0.269 e.